The van der Waals surface area contributed by atoms with Crippen LogP contribution in [0.15, 0.2) is 9.66 Å². The molecular weight excluding hydrogens is 314 g/mol. The summed E-state index contributed by atoms with van der Waals surface area (Å²) in [7, 11) is 0. The molecule has 0 saturated heterocycles. The van der Waals surface area contributed by atoms with Crippen LogP contribution in [0.1, 0.15) is 13.3 Å². The van der Waals surface area contributed by atoms with Gasteiger partial charge in [0.25, 0.3) is 0 Å². The zero-order valence-electron chi connectivity index (χ0n) is 4.25. The summed E-state index contributed by atoms with van der Waals surface area (Å²) < 4.78 is 2.62. The summed E-state index contributed by atoms with van der Waals surface area (Å²) in [5.74, 6) is 0. The third-order valence-electron chi connectivity index (χ3n) is 0.553. The van der Waals surface area contributed by atoms with Crippen LogP contribution in [0.4, 0.5) is 0 Å². The van der Waals surface area contributed by atoms with Gasteiger partial charge in [0, 0.05) is 4.43 Å². The first-order valence-electron chi connectivity index (χ1n) is 2.21. The van der Waals surface area contributed by atoms with E-state index in [4.69, 9.17) is 0 Å². The third-order valence-corrected chi connectivity index (χ3v) is 3.66. The number of alkyl halides is 1. The van der Waals surface area contributed by atoms with Crippen LogP contribution in [0.5, 0.6) is 0 Å². The molecule has 0 aliphatic rings. The second kappa shape index (κ2) is 5.34. The second-order valence-electron chi connectivity index (χ2n) is 1.19. The number of halogens is 2. The first kappa shape index (κ1) is 8.20. The minimum Gasteiger partial charge on any atom is -0.0807 e. The summed E-state index contributed by atoms with van der Waals surface area (Å²) in [4.78, 5) is 0. The first-order valence-corrected chi connectivity index (χ1v) is 4.82. The van der Waals surface area contributed by atoms with Gasteiger partial charge < -0.3 is 0 Å². The van der Waals surface area contributed by atoms with E-state index >= 15 is 0 Å². The maximum Gasteiger partial charge on any atom is 0.0301 e. The van der Waals surface area contributed by atoms with E-state index in [-0.39, 0.29) is 0 Å². The van der Waals surface area contributed by atoms with Gasteiger partial charge in [0.2, 0.25) is 0 Å². The van der Waals surface area contributed by atoms with E-state index in [9.17, 15) is 0 Å². The molecule has 0 heterocycles. The monoisotopic (exact) mass is 322 g/mol. The smallest absolute Gasteiger partial charge is 0.0301 e. The van der Waals surface area contributed by atoms with E-state index in [0.29, 0.717) is 0 Å². The standard InChI is InChI=1S/C5H8I2/c1-2-3-5(7)4-6/h3H,2,4H2,1H3/b5-3+. The fourth-order valence-corrected chi connectivity index (χ4v) is 1.03. The number of hydrogen-bond acceptors (Lipinski definition) is 0. The molecule has 0 N–H and O–H groups in total. The lowest BCUT2D eigenvalue weighted by atomic mass is 10.4. The molecule has 7 heavy (non-hydrogen) atoms. The summed E-state index contributed by atoms with van der Waals surface area (Å²) in [6, 6.07) is 0. The zero-order chi connectivity index (χ0) is 5.70. The fraction of sp³-hybridized carbons (Fsp3) is 0.600. The molecule has 0 radical (unpaired) electrons. The normalized spacial score (nSPS) is 12.1. The zero-order valence-corrected chi connectivity index (χ0v) is 8.56. The van der Waals surface area contributed by atoms with Gasteiger partial charge in [-0.1, -0.05) is 35.6 Å². The largest absolute Gasteiger partial charge is 0.0807 e. The lowest BCUT2D eigenvalue weighted by molar-refractivity contribution is 1.22. The second-order valence-corrected chi connectivity index (χ2v) is 3.34. The summed E-state index contributed by atoms with van der Waals surface area (Å²) >= 11 is 4.72. The first-order chi connectivity index (χ1) is 3.31. The van der Waals surface area contributed by atoms with Gasteiger partial charge >= 0.3 is 0 Å². The van der Waals surface area contributed by atoms with Crippen LogP contribution < -0.4 is 0 Å². The average molecular weight is 322 g/mol. The topological polar surface area (TPSA) is 0 Å². The van der Waals surface area contributed by atoms with Crippen molar-refractivity contribution in [2.45, 2.75) is 13.3 Å². The highest BCUT2D eigenvalue weighted by atomic mass is 127. The maximum atomic E-state index is 2.36. The van der Waals surface area contributed by atoms with Crippen molar-refractivity contribution in [2.75, 3.05) is 4.43 Å². The van der Waals surface area contributed by atoms with Crippen molar-refractivity contribution in [1.29, 1.82) is 0 Å². The van der Waals surface area contributed by atoms with Crippen molar-refractivity contribution in [3.05, 3.63) is 9.66 Å². The van der Waals surface area contributed by atoms with Gasteiger partial charge in [-0.2, -0.15) is 0 Å². The van der Waals surface area contributed by atoms with Gasteiger partial charge in [-0.05, 0) is 32.6 Å². The van der Waals surface area contributed by atoms with E-state index in [1.165, 1.54) is 10.0 Å². The van der Waals surface area contributed by atoms with Crippen LogP contribution in [-0.4, -0.2) is 4.43 Å². The van der Waals surface area contributed by atoms with Crippen molar-refractivity contribution in [3.8, 4) is 0 Å². The molecule has 0 aliphatic heterocycles. The van der Waals surface area contributed by atoms with Crippen LogP contribution in [-0.2, 0) is 0 Å². The number of allylic oxidation sites excluding steroid dienone is 2. The molecule has 0 saturated carbocycles. The molecular formula is C5H8I2. The molecule has 0 aromatic carbocycles. The lowest BCUT2D eigenvalue weighted by Crippen LogP contribution is -1.66. The molecule has 0 bridgehead atoms. The molecule has 0 amide bonds. The Hall–Kier alpha value is 1.20. The van der Waals surface area contributed by atoms with Crippen molar-refractivity contribution >= 4 is 45.2 Å². The Bertz CT molecular complexity index is 66.5. The van der Waals surface area contributed by atoms with E-state index in [1.54, 1.807) is 0 Å². The van der Waals surface area contributed by atoms with Crippen molar-refractivity contribution in [1.82, 2.24) is 0 Å². The Kier molecular flexibility index (Phi) is 6.25. The van der Waals surface area contributed by atoms with Gasteiger partial charge in [0.15, 0.2) is 0 Å². The van der Waals surface area contributed by atoms with Crippen LogP contribution in [0.3, 0.4) is 0 Å². The fourth-order valence-electron chi connectivity index (χ4n) is 0.276. The number of rotatable bonds is 2. The predicted molar refractivity (Wildman–Crippen MR) is 51.3 cm³/mol. The molecule has 0 rings (SSSR count). The molecule has 0 fully saturated rings. The highest BCUT2D eigenvalue weighted by molar-refractivity contribution is 14.1. The molecule has 0 aromatic rings. The molecule has 42 valence electrons. The van der Waals surface area contributed by atoms with Crippen LogP contribution in [0.25, 0.3) is 0 Å². The highest BCUT2D eigenvalue weighted by Gasteiger charge is 1.80. The Balaban J connectivity index is 3.29. The maximum absolute atomic E-state index is 2.36. The predicted octanol–water partition coefficient (Wildman–Crippen LogP) is 3.15. The summed E-state index contributed by atoms with van der Waals surface area (Å²) in [6.07, 6.45) is 3.41. The Morgan fingerprint density at radius 1 is 1.71 bits per heavy atom. The van der Waals surface area contributed by atoms with E-state index in [0.717, 1.165) is 4.43 Å². The van der Waals surface area contributed by atoms with Crippen LogP contribution in [0.2, 0.25) is 0 Å². The third kappa shape index (κ3) is 5.06. The van der Waals surface area contributed by atoms with Crippen LogP contribution >= 0.6 is 45.2 Å². The molecule has 0 aliphatic carbocycles. The average Bonchev–Trinajstić information content (AvgIpc) is 1.68. The van der Waals surface area contributed by atoms with Gasteiger partial charge in [-0.15, -0.1) is 0 Å². The van der Waals surface area contributed by atoms with Gasteiger partial charge in [0.05, 0.1) is 0 Å². The SMILES string of the molecule is CC/C=C(/I)CI. The molecule has 0 atom stereocenters. The lowest BCUT2D eigenvalue weighted by Gasteiger charge is -1.84. The van der Waals surface area contributed by atoms with E-state index < -0.39 is 0 Å². The molecule has 0 spiro atoms. The summed E-state index contributed by atoms with van der Waals surface area (Å²) in [6.45, 7) is 2.16. The Morgan fingerprint density at radius 3 is 2.43 bits per heavy atom. The van der Waals surface area contributed by atoms with Crippen molar-refractivity contribution < 1.29 is 0 Å². The minimum atomic E-state index is 1.16. The van der Waals surface area contributed by atoms with E-state index in [2.05, 4.69) is 58.2 Å². The molecule has 0 nitrogen and oxygen atoms in total. The molecule has 2 heteroatoms. The van der Waals surface area contributed by atoms with E-state index in [1.807, 2.05) is 0 Å². The number of hydrogen-bond donors (Lipinski definition) is 0. The van der Waals surface area contributed by atoms with Gasteiger partial charge in [-0.3, -0.25) is 0 Å². The highest BCUT2D eigenvalue weighted by Crippen LogP contribution is 2.09. The summed E-state index contributed by atoms with van der Waals surface area (Å²) in [5.41, 5.74) is 0. The van der Waals surface area contributed by atoms with Crippen molar-refractivity contribution in [3.63, 3.8) is 0 Å². The van der Waals surface area contributed by atoms with Gasteiger partial charge in [0.1, 0.15) is 0 Å². The van der Waals surface area contributed by atoms with Crippen LogP contribution in [0, 0.1) is 0 Å². The molecule has 0 aromatic heterocycles. The summed E-state index contributed by atoms with van der Waals surface area (Å²) in [5, 5.41) is 0. The van der Waals surface area contributed by atoms with Gasteiger partial charge in [-0.25, -0.2) is 0 Å². The minimum absolute atomic E-state index is 1.16. The Labute approximate surface area is 72.0 Å². The van der Waals surface area contributed by atoms with Crippen molar-refractivity contribution in [2.24, 2.45) is 0 Å². The quantitative estimate of drug-likeness (QED) is 0.541. The molecule has 0 unspecified atom stereocenters. The Morgan fingerprint density at radius 2 is 2.29 bits per heavy atom.